The molecule has 1 aliphatic rings. The summed E-state index contributed by atoms with van der Waals surface area (Å²) in [5, 5.41) is 7.82. The molecule has 2 rings (SSSR count). The summed E-state index contributed by atoms with van der Waals surface area (Å²) in [5.74, 6) is 0.806. The van der Waals surface area contributed by atoms with E-state index >= 15 is 0 Å². The molecule has 3 heteroatoms. The van der Waals surface area contributed by atoms with E-state index in [9.17, 15) is 0 Å². The molecule has 14 heavy (non-hydrogen) atoms. The summed E-state index contributed by atoms with van der Waals surface area (Å²) in [6.45, 7) is 5.38. The molecule has 1 aromatic rings. The SMILES string of the molecule is CCn1cc(N[C@@H]2CCC[C@@H]2C)cn1. The van der Waals surface area contributed by atoms with Crippen molar-refractivity contribution in [3.05, 3.63) is 12.4 Å². The zero-order valence-corrected chi connectivity index (χ0v) is 9.03. The van der Waals surface area contributed by atoms with Crippen LogP contribution in [0, 0.1) is 5.92 Å². The standard InChI is InChI=1S/C11H19N3/c1-3-14-8-10(7-12-14)13-11-6-4-5-9(11)2/h7-9,11,13H,3-6H2,1-2H3/t9-,11+/m0/s1. The highest BCUT2D eigenvalue weighted by atomic mass is 15.3. The molecule has 0 saturated heterocycles. The normalized spacial score (nSPS) is 26.7. The molecule has 2 atom stereocenters. The van der Waals surface area contributed by atoms with Gasteiger partial charge in [-0.3, -0.25) is 4.68 Å². The van der Waals surface area contributed by atoms with Gasteiger partial charge < -0.3 is 5.32 Å². The predicted molar refractivity (Wildman–Crippen MR) is 58.3 cm³/mol. The molecule has 1 aromatic heterocycles. The highest BCUT2D eigenvalue weighted by Gasteiger charge is 2.23. The van der Waals surface area contributed by atoms with Crippen LogP contribution in [-0.2, 0) is 6.54 Å². The molecule has 1 aliphatic carbocycles. The van der Waals surface area contributed by atoms with E-state index < -0.39 is 0 Å². The molecular formula is C11H19N3. The Kier molecular flexibility index (Phi) is 2.75. The lowest BCUT2D eigenvalue weighted by atomic mass is 10.1. The van der Waals surface area contributed by atoms with Gasteiger partial charge in [0, 0.05) is 18.8 Å². The van der Waals surface area contributed by atoms with Crippen LogP contribution in [0.25, 0.3) is 0 Å². The third kappa shape index (κ3) is 1.91. The lowest BCUT2D eigenvalue weighted by Crippen LogP contribution is -2.21. The Balaban J connectivity index is 1.96. The van der Waals surface area contributed by atoms with E-state index in [2.05, 4.69) is 30.5 Å². The van der Waals surface area contributed by atoms with E-state index in [1.54, 1.807) is 0 Å². The number of nitrogens with one attached hydrogen (secondary N) is 1. The van der Waals surface area contributed by atoms with Crippen LogP contribution < -0.4 is 5.32 Å². The van der Waals surface area contributed by atoms with Gasteiger partial charge in [-0.25, -0.2) is 0 Å². The number of rotatable bonds is 3. The molecule has 0 spiro atoms. The smallest absolute Gasteiger partial charge is 0.0728 e. The molecule has 78 valence electrons. The van der Waals surface area contributed by atoms with Gasteiger partial charge in [0.15, 0.2) is 0 Å². The van der Waals surface area contributed by atoms with Crippen molar-refractivity contribution in [3.8, 4) is 0 Å². The zero-order chi connectivity index (χ0) is 9.97. The van der Waals surface area contributed by atoms with Crippen molar-refractivity contribution in [1.82, 2.24) is 9.78 Å². The summed E-state index contributed by atoms with van der Waals surface area (Å²) in [6.07, 6.45) is 8.04. The lowest BCUT2D eigenvalue weighted by Gasteiger charge is -2.16. The van der Waals surface area contributed by atoms with Gasteiger partial charge in [-0.2, -0.15) is 5.10 Å². The largest absolute Gasteiger partial charge is 0.380 e. The second-order valence-electron chi connectivity index (χ2n) is 4.24. The van der Waals surface area contributed by atoms with E-state index in [0.717, 1.165) is 12.5 Å². The Morgan fingerprint density at radius 3 is 3.00 bits per heavy atom. The Bertz CT molecular complexity index is 292. The van der Waals surface area contributed by atoms with E-state index in [0.29, 0.717) is 6.04 Å². The molecule has 1 N–H and O–H groups in total. The number of aryl methyl sites for hydroxylation is 1. The van der Waals surface area contributed by atoms with Crippen LogP contribution in [0.5, 0.6) is 0 Å². The van der Waals surface area contributed by atoms with Gasteiger partial charge in [-0.1, -0.05) is 13.3 Å². The monoisotopic (exact) mass is 193 g/mol. The minimum absolute atomic E-state index is 0.657. The number of anilines is 1. The average Bonchev–Trinajstić information content (AvgIpc) is 2.77. The average molecular weight is 193 g/mol. The van der Waals surface area contributed by atoms with E-state index in [-0.39, 0.29) is 0 Å². The van der Waals surface area contributed by atoms with Crippen molar-refractivity contribution in [2.45, 2.75) is 45.7 Å². The molecule has 0 unspecified atom stereocenters. The van der Waals surface area contributed by atoms with Crippen LogP contribution in [0.3, 0.4) is 0 Å². The third-order valence-corrected chi connectivity index (χ3v) is 3.17. The zero-order valence-electron chi connectivity index (χ0n) is 9.03. The summed E-state index contributed by atoms with van der Waals surface area (Å²) < 4.78 is 1.96. The highest BCUT2D eigenvalue weighted by molar-refractivity contribution is 5.39. The Morgan fingerprint density at radius 2 is 2.43 bits per heavy atom. The van der Waals surface area contributed by atoms with E-state index in [1.165, 1.54) is 24.9 Å². The molecular weight excluding hydrogens is 174 g/mol. The third-order valence-electron chi connectivity index (χ3n) is 3.17. The van der Waals surface area contributed by atoms with E-state index in [1.807, 2.05) is 10.9 Å². The van der Waals surface area contributed by atoms with Gasteiger partial charge in [0.05, 0.1) is 11.9 Å². The number of hydrogen-bond donors (Lipinski definition) is 1. The first-order valence-corrected chi connectivity index (χ1v) is 5.58. The van der Waals surface area contributed by atoms with Gasteiger partial charge in [-0.15, -0.1) is 0 Å². The van der Waals surface area contributed by atoms with Crippen LogP contribution in [0.4, 0.5) is 5.69 Å². The lowest BCUT2D eigenvalue weighted by molar-refractivity contribution is 0.556. The van der Waals surface area contributed by atoms with Crippen molar-refractivity contribution in [2.75, 3.05) is 5.32 Å². The summed E-state index contributed by atoms with van der Waals surface area (Å²) in [6, 6.07) is 0.657. The Hall–Kier alpha value is -0.990. The predicted octanol–water partition coefficient (Wildman–Crippen LogP) is 2.50. The van der Waals surface area contributed by atoms with Crippen molar-refractivity contribution in [2.24, 2.45) is 5.92 Å². The first-order valence-electron chi connectivity index (χ1n) is 5.58. The summed E-state index contributed by atoms with van der Waals surface area (Å²) >= 11 is 0. The molecule has 1 saturated carbocycles. The van der Waals surface area contributed by atoms with Crippen molar-refractivity contribution >= 4 is 5.69 Å². The fraction of sp³-hybridized carbons (Fsp3) is 0.727. The summed E-state index contributed by atoms with van der Waals surface area (Å²) in [4.78, 5) is 0. The maximum absolute atomic E-state index is 4.26. The minimum Gasteiger partial charge on any atom is -0.380 e. The molecule has 3 nitrogen and oxygen atoms in total. The van der Waals surface area contributed by atoms with Crippen molar-refractivity contribution in [3.63, 3.8) is 0 Å². The van der Waals surface area contributed by atoms with Gasteiger partial charge in [0.25, 0.3) is 0 Å². The maximum atomic E-state index is 4.26. The number of aromatic nitrogens is 2. The molecule has 0 aromatic carbocycles. The van der Waals surface area contributed by atoms with Crippen LogP contribution in [-0.4, -0.2) is 15.8 Å². The molecule has 0 bridgehead atoms. The van der Waals surface area contributed by atoms with Gasteiger partial charge in [-0.05, 0) is 25.7 Å². The van der Waals surface area contributed by atoms with Gasteiger partial charge >= 0.3 is 0 Å². The second kappa shape index (κ2) is 4.03. The number of hydrogen-bond acceptors (Lipinski definition) is 2. The van der Waals surface area contributed by atoms with Gasteiger partial charge in [0.2, 0.25) is 0 Å². The first kappa shape index (κ1) is 9.56. The molecule has 0 amide bonds. The van der Waals surface area contributed by atoms with Crippen LogP contribution >= 0.6 is 0 Å². The number of nitrogens with zero attached hydrogens (tertiary/aromatic N) is 2. The topological polar surface area (TPSA) is 29.9 Å². The van der Waals surface area contributed by atoms with Crippen LogP contribution in [0.1, 0.15) is 33.1 Å². The van der Waals surface area contributed by atoms with Crippen molar-refractivity contribution in [1.29, 1.82) is 0 Å². The quantitative estimate of drug-likeness (QED) is 0.799. The summed E-state index contributed by atoms with van der Waals surface area (Å²) in [5.41, 5.74) is 1.17. The molecule has 0 aliphatic heterocycles. The molecule has 1 heterocycles. The fourth-order valence-electron chi connectivity index (χ4n) is 2.18. The minimum atomic E-state index is 0.657. The first-order chi connectivity index (χ1) is 6.79. The van der Waals surface area contributed by atoms with E-state index in [4.69, 9.17) is 0 Å². The van der Waals surface area contributed by atoms with Crippen LogP contribution in [0.15, 0.2) is 12.4 Å². The second-order valence-corrected chi connectivity index (χ2v) is 4.24. The van der Waals surface area contributed by atoms with Crippen molar-refractivity contribution < 1.29 is 0 Å². The highest BCUT2D eigenvalue weighted by Crippen LogP contribution is 2.27. The Labute approximate surface area is 85.5 Å². The van der Waals surface area contributed by atoms with Gasteiger partial charge in [0.1, 0.15) is 0 Å². The fourth-order valence-corrected chi connectivity index (χ4v) is 2.18. The Morgan fingerprint density at radius 1 is 1.57 bits per heavy atom. The maximum Gasteiger partial charge on any atom is 0.0728 e. The summed E-state index contributed by atoms with van der Waals surface area (Å²) in [7, 11) is 0. The molecule has 0 radical (unpaired) electrons. The van der Waals surface area contributed by atoms with Crippen LogP contribution in [0.2, 0.25) is 0 Å². The molecule has 1 fully saturated rings.